The molecule has 0 fully saturated rings. The van der Waals surface area contributed by atoms with Gasteiger partial charge < -0.3 is 14.5 Å². The summed E-state index contributed by atoms with van der Waals surface area (Å²) >= 11 is 1.17. The lowest BCUT2D eigenvalue weighted by atomic mass is 10.2. The second-order valence-electron chi connectivity index (χ2n) is 5.00. The summed E-state index contributed by atoms with van der Waals surface area (Å²) in [6, 6.07) is 8.94. The van der Waals surface area contributed by atoms with Crippen LogP contribution in [0.15, 0.2) is 52.0 Å². The van der Waals surface area contributed by atoms with Crippen LogP contribution in [0.5, 0.6) is 0 Å². The molecule has 0 aliphatic rings. The highest BCUT2D eigenvalue weighted by Gasteiger charge is 2.14. The van der Waals surface area contributed by atoms with E-state index in [2.05, 4.69) is 5.32 Å². The van der Waals surface area contributed by atoms with Gasteiger partial charge in [0.2, 0.25) is 0 Å². The Labute approximate surface area is 147 Å². The van der Waals surface area contributed by atoms with E-state index in [1.165, 1.54) is 30.2 Å². The molecule has 1 N–H and O–H groups in total. The minimum Gasteiger partial charge on any atom is -0.467 e. The van der Waals surface area contributed by atoms with E-state index < -0.39 is 16.8 Å². The molecular weight excluding hydrogens is 348 g/mol. The van der Waals surface area contributed by atoms with Gasteiger partial charge in [0.1, 0.15) is 5.76 Å². The molecule has 0 unspecified atom stereocenters. The number of nitro groups is 1. The van der Waals surface area contributed by atoms with Gasteiger partial charge in [-0.25, -0.2) is 0 Å². The van der Waals surface area contributed by atoms with Gasteiger partial charge in [-0.2, -0.15) is 0 Å². The number of hydrogen-bond donors (Lipinski definition) is 1. The fourth-order valence-electron chi connectivity index (χ4n) is 1.89. The van der Waals surface area contributed by atoms with Gasteiger partial charge in [0.15, 0.2) is 6.61 Å². The largest absolute Gasteiger partial charge is 0.467 e. The number of esters is 1. The van der Waals surface area contributed by atoms with Gasteiger partial charge in [0.05, 0.1) is 23.0 Å². The van der Waals surface area contributed by atoms with Gasteiger partial charge in [-0.05, 0) is 31.2 Å². The standard InChI is InChI=1S/C16H16N2O6S/c1-11(14-3-2-8-23-14)17-15(19)9-24-16(20)10-25-13-6-4-12(5-7-13)18(21)22/h2-8,11H,9-10H2,1H3,(H,17,19)/t11-/m1/s1. The molecule has 0 spiro atoms. The summed E-state index contributed by atoms with van der Waals surface area (Å²) in [5, 5.41) is 13.2. The van der Waals surface area contributed by atoms with Gasteiger partial charge in [-0.1, -0.05) is 0 Å². The fourth-order valence-corrected chi connectivity index (χ4v) is 2.58. The van der Waals surface area contributed by atoms with Crippen LogP contribution in [0.4, 0.5) is 5.69 Å². The highest BCUT2D eigenvalue weighted by molar-refractivity contribution is 8.00. The number of carbonyl (C=O) groups excluding carboxylic acids is 2. The molecule has 0 saturated carbocycles. The Morgan fingerprint density at radius 3 is 2.64 bits per heavy atom. The quantitative estimate of drug-likeness (QED) is 0.332. The number of nitrogens with one attached hydrogen (secondary N) is 1. The number of amides is 1. The van der Waals surface area contributed by atoms with E-state index in [9.17, 15) is 19.7 Å². The van der Waals surface area contributed by atoms with E-state index in [0.29, 0.717) is 10.7 Å². The zero-order valence-electron chi connectivity index (χ0n) is 13.3. The third kappa shape index (κ3) is 5.96. The van der Waals surface area contributed by atoms with Crippen LogP contribution in [-0.2, 0) is 14.3 Å². The molecule has 8 nitrogen and oxygen atoms in total. The first kappa shape index (κ1) is 18.5. The highest BCUT2D eigenvalue weighted by atomic mass is 32.2. The topological polar surface area (TPSA) is 112 Å². The normalized spacial score (nSPS) is 11.6. The average molecular weight is 364 g/mol. The minimum absolute atomic E-state index is 0.00116. The number of hydrogen-bond acceptors (Lipinski definition) is 7. The van der Waals surface area contributed by atoms with E-state index in [0.717, 1.165) is 0 Å². The van der Waals surface area contributed by atoms with E-state index >= 15 is 0 Å². The summed E-state index contributed by atoms with van der Waals surface area (Å²) in [5.74, 6) is -0.381. The number of non-ortho nitro benzene ring substituents is 1. The van der Waals surface area contributed by atoms with Crippen LogP contribution in [0.3, 0.4) is 0 Å². The Morgan fingerprint density at radius 1 is 1.32 bits per heavy atom. The monoisotopic (exact) mass is 364 g/mol. The van der Waals surface area contributed by atoms with Crippen LogP contribution in [0.25, 0.3) is 0 Å². The Balaban J connectivity index is 1.69. The van der Waals surface area contributed by atoms with Gasteiger partial charge in [0.25, 0.3) is 11.6 Å². The van der Waals surface area contributed by atoms with Gasteiger partial charge in [0, 0.05) is 17.0 Å². The lowest BCUT2D eigenvalue weighted by molar-refractivity contribution is -0.384. The average Bonchev–Trinajstić information content (AvgIpc) is 3.13. The second kappa shape index (κ2) is 8.88. The molecule has 2 aromatic rings. The Bertz CT molecular complexity index is 730. The maximum Gasteiger partial charge on any atom is 0.316 e. The molecule has 1 heterocycles. The number of ether oxygens (including phenoxy) is 1. The predicted molar refractivity (Wildman–Crippen MR) is 90.0 cm³/mol. The van der Waals surface area contributed by atoms with Crippen molar-refractivity contribution < 1.29 is 23.7 Å². The lowest BCUT2D eigenvalue weighted by Crippen LogP contribution is -2.31. The van der Waals surface area contributed by atoms with E-state index in [-0.39, 0.29) is 24.1 Å². The first-order valence-electron chi connectivity index (χ1n) is 7.31. The number of thioether (sulfide) groups is 1. The number of nitrogens with zero attached hydrogens (tertiary/aromatic N) is 1. The summed E-state index contributed by atoms with van der Waals surface area (Å²) in [5.41, 5.74) is -0.0192. The van der Waals surface area contributed by atoms with Crippen molar-refractivity contribution in [3.8, 4) is 0 Å². The van der Waals surface area contributed by atoms with Crippen LogP contribution in [0.2, 0.25) is 0 Å². The molecule has 132 valence electrons. The van der Waals surface area contributed by atoms with Crippen molar-refractivity contribution in [2.75, 3.05) is 12.4 Å². The number of carbonyl (C=O) groups is 2. The van der Waals surface area contributed by atoms with Gasteiger partial charge in [-0.3, -0.25) is 19.7 Å². The van der Waals surface area contributed by atoms with Crippen LogP contribution >= 0.6 is 11.8 Å². The molecule has 2 rings (SSSR count). The molecule has 0 saturated heterocycles. The number of rotatable bonds is 8. The van der Waals surface area contributed by atoms with E-state index in [1.54, 1.807) is 31.2 Å². The Morgan fingerprint density at radius 2 is 2.04 bits per heavy atom. The molecule has 0 aliphatic heterocycles. The smallest absolute Gasteiger partial charge is 0.316 e. The molecule has 25 heavy (non-hydrogen) atoms. The van der Waals surface area contributed by atoms with Crippen LogP contribution < -0.4 is 5.32 Å². The third-order valence-corrected chi connectivity index (χ3v) is 4.10. The summed E-state index contributed by atoms with van der Waals surface area (Å²) in [6.07, 6.45) is 1.51. The maximum atomic E-state index is 11.7. The predicted octanol–water partition coefficient (Wildman–Crippen LogP) is 2.70. The van der Waals surface area contributed by atoms with Crippen LogP contribution in [0.1, 0.15) is 18.7 Å². The van der Waals surface area contributed by atoms with Gasteiger partial charge in [-0.15, -0.1) is 11.8 Å². The summed E-state index contributed by atoms with van der Waals surface area (Å²) in [4.78, 5) is 34.1. The zero-order chi connectivity index (χ0) is 18.2. The SMILES string of the molecule is C[C@@H](NC(=O)COC(=O)CSc1ccc([N+](=O)[O-])cc1)c1ccco1. The summed E-state index contributed by atoms with van der Waals surface area (Å²) < 4.78 is 10.1. The minimum atomic E-state index is -0.552. The molecule has 0 bridgehead atoms. The maximum absolute atomic E-state index is 11.7. The molecule has 1 aromatic heterocycles. The molecule has 1 aromatic carbocycles. The van der Waals surface area contributed by atoms with Crippen molar-refractivity contribution in [2.45, 2.75) is 17.9 Å². The van der Waals surface area contributed by atoms with Crippen LogP contribution in [0, 0.1) is 10.1 Å². The van der Waals surface area contributed by atoms with Gasteiger partial charge >= 0.3 is 5.97 Å². The Kier molecular flexibility index (Phi) is 6.58. The Hall–Kier alpha value is -2.81. The third-order valence-electron chi connectivity index (χ3n) is 3.12. The molecule has 1 amide bonds. The first-order valence-corrected chi connectivity index (χ1v) is 8.30. The zero-order valence-corrected chi connectivity index (χ0v) is 14.2. The van der Waals surface area contributed by atoms with Crippen molar-refractivity contribution in [1.82, 2.24) is 5.32 Å². The fraction of sp³-hybridized carbons (Fsp3) is 0.250. The number of nitro benzene ring substituents is 1. The summed E-state index contributed by atoms with van der Waals surface area (Å²) in [6.45, 7) is 1.37. The second-order valence-corrected chi connectivity index (χ2v) is 6.05. The number of furan rings is 1. The molecule has 0 aliphatic carbocycles. The van der Waals surface area contributed by atoms with Crippen molar-refractivity contribution >= 4 is 29.3 Å². The van der Waals surface area contributed by atoms with Crippen LogP contribution in [-0.4, -0.2) is 29.2 Å². The molecular formula is C16H16N2O6S. The number of benzene rings is 1. The highest BCUT2D eigenvalue weighted by Crippen LogP contribution is 2.21. The lowest BCUT2D eigenvalue weighted by Gasteiger charge is -2.11. The summed E-state index contributed by atoms with van der Waals surface area (Å²) in [7, 11) is 0. The molecule has 9 heteroatoms. The van der Waals surface area contributed by atoms with Crippen molar-refractivity contribution in [2.24, 2.45) is 0 Å². The molecule has 1 atom stereocenters. The molecule has 0 radical (unpaired) electrons. The van der Waals surface area contributed by atoms with Crippen molar-refractivity contribution in [3.63, 3.8) is 0 Å². The van der Waals surface area contributed by atoms with E-state index in [1.807, 2.05) is 0 Å². The van der Waals surface area contributed by atoms with Crippen molar-refractivity contribution in [3.05, 3.63) is 58.5 Å². The van der Waals surface area contributed by atoms with E-state index in [4.69, 9.17) is 9.15 Å². The first-order chi connectivity index (χ1) is 12.0. The van der Waals surface area contributed by atoms with Crippen molar-refractivity contribution in [1.29, 1.82) is 0 Å².